The summed E-state index contributed by atoms with van der Waals surface area (Å²) in [7, 11) is 1.52. The van der Waals surface area contributed by atoms with Gasteiger partial charge in [0, 0.05) is 6.08 Å². The van der Waals surface area contributed by atoms with Gasteiger partial charge in [-0.15, -0.1) is 0 Å². The van der Waals surface area contributed by atoms with Crippen LogP contribution in [0.5, 0.6) is 5.88 Å². The van der Waals surface area contributed by atoms with Gasteiger partial charge in [0.15, 0.2) is 0 Å². The summed E-state index contributed by atoms with van der Waals surface area (Å²) in [6, 6.07) is -0.937. The molecule has 3 atom stereocenters. The van der Waals surface area contributed by atoms with Crippen molar-refractivity contribution in [3.05, 3.63) is 39.8 Å². The summed E-state index contributed by atoms with van der Waals surface area (Å²) in [5.74, 6) is 1.20. The number of ether oxygens (including phenoxy) is 2. The first-order valence-electron chi connectivity index (χ1n) is 8.94. The van der Waals surface area contributed by atoms with Crippen LogP contribution in [-0.2, 0) is 9.53 Å². The summed E-state index contributed by atoms with van der Waals surface area (Å²) in [5.41, 5.74) is 0.00366. The maximum Gasteiger partial charge on any atom is 0.265 e. The number of carbonyl (C=O) groups is 1. The Balaban J connectivity index is 2.29. The van der Waals surface area contributed by atoms with E-state index in [1.54, 1.807) is 12.2 Å². The van der Waals surface area contributed by atoms with Crippen molar-refractivity contribution in [2.24, 2.45) is 11.8 Å². The lowest BCUT2D eigenvalue weighted by Gasteiger charge is -2.37. The van der Waals surface area contributed by atoms with Crippen molar-refractivity contribution in [2.45, 2.75) is 46.2 Å². The molecule has 0 radical (unpaired) electrons. The van der Waals surface area contributed by atoms with Crippen molar-refractivity contribution < 1.29 is 14.3 Å². The van der Waals surface area contributed by atoms with Gasteiger partial charge in [-0.25, -0.2) is 0 Å². The molecule has 0 saturated carbocycles. The predicted molar refractivity (Wildman–Crippen MR) is 97.5 cm³/mol. The molecular weight excluding hydrogens is 334 g/mol. The van der Waals surface area contributed by atoms with E-state index in [4.69, 9.17) is 9.47 Å². The first kappa shape index (κ1) is 18.2. The highest BCUT2D eigenvalue weighted by Gasteiger charge is 2.39. The van der Waals surface area contributed by atoms with Gasteiger partial charge >= 0.3 is 0 Å². The summed E-state index contributed by atoms with van der Waals surface area (Å²) >= 11 is 0. The number of fused-ring (bicyclic) bond motifs is 2. The molecule has 7 nitrogen and oxygen atoms in total. The summed E-state index contributed by atoms with van der Waals surface area (Å²) in [5, 5.41) is 3.05. The van der Waals surface area contributed by atoms with E-state index in [1.165, 1.54) is 17.9 Å². The van der Waals surface area contributed by atoms with Crippen molar-refractivity contribution in [2.75, 3.05) is 7.11 Å². The van der Waals surface area contributed by atoms with E-state index in [-0.39, 0.29) is 35.2 Å². The molecule has 2 aliphatic heterocycles. The van der Waals surface area contributed by atoms with Gasteiger partial charge in [-0.2, -0.15) is 4.98 Å². The molecule has 1 N–H and O–H groups in total. The number of allylic oxidation sites excluding steroid dienone is 1. The van der Waals surface area contributed by atoms with Crippen LogP contribution < -0.4 is 15.6 Å². The molecule has 1 amide bonds. The van der Waals surface area contributed by atoms with Crippen molar-refractivity contribution in [1.82, 2.24) is 14.9 Å². The third-order valence-corrected chi connectivity index (χ3v) is 5.04. The Morgan fingerprint density at radius 2 is 2.08 bits per heavy atom. The number of nitrogens with zero attached hydrogens (tertiary/aromatic N) is 2. The Morgan fingerprint density at radius 1 is 1.35 bits per heavy atom. The third kappa shape index (κ3) is 2.91. The SMILES string of the molecule is CCC(C)C1NC(=O)C(C(C)C)n2c1nc1c(c2=O)C=C(OC)C=CO1. The van der Waals surface area contributed by atoms with Gasteiger partial charge in [-0.05, 0) is 17.9 Å². The highest BCUT2D eigenvalue weighted by Crippen LogP contribution is 2.34. The molecule has 0 spiro atoms. The maximum atomic E-state index is 13.3. The van der Waals surface area contributed by atoms with Gasteiger partial charge in [-0.1, -0.05) is 34.1 Å². The van der Waals surface area contributed by atoms with Gasteiger partial charge < -0.3 is 14.8 Å². The molecule has 1 aromatic heterocycles. The molecule has 0 saturated heterocycles. The van der Waals surface area contributed by atoms with E-state index in [0.29, 0.717) is 17.1 Å². The minimum absolute atomic E-state index is 0.0557. The lowest BCUT2D eigenvalue weighted by molar-refractivity contribution is -0.128. The largest absolute Gasteiger partial charge is 0.497 e. The van der Waals surface area contributed by atoms with Crippen molar-refractivity contribution >= 4 is 12.0 Å². The molecule has 3 heterocycles. The van der Waals surface area contributed by atoms with Crippen LogP contribution in [0.4, 0.5) is 0 Å². The van der Waals surface area contributed by atoms with E-state index in [1.807, 2.05) is 27.7 Å². The minimum Gasteiger partial charge on any atom is -0.497 e. The standard InChI is InChI=1S/C19H25N3O4/c1-6-11(4)14-16-21-18-13(9-12(25-5)7-8-26-18)19(24)22(16)15(10(2)3)17(23)20-14/h7-11,14-15H,6H2,1-5H3,(H,20,23). The Kier molecular flexibility index (Phi) is 4.89. The average molecular weight is 359 g/mol. The summed E-state index contributed by atoms with van der Waals surface area (Å²) in [6.45, 7) is 7.92. The molecule has 3 rings (SSSR count). The molecule has 1 aromatic rings. The van der Waals surface area contributed by atoms with Crippen LogP contribution in [0.2, 0.25) is 0 Å². The number of hydrogen-bond acceptors (Lipinski definition) is 5. The van der Waals surface area contributed by atoms with Crippen LogP contribution in [-0.4, -0.2) is 22.6 Å². The number of hydrogen-bond donors (Lipinski definition) is 1. The van der Waals surface area contributed by atoms with Crippen molar-refractivity contribution in [1.29, 1.82) is 0 Å². The second-order valence-corrected chi connectivity index (χ2v) is 7.10. The van der Waals surface area contributed by atoms with Crippen LogP contribution in [0.1, 0.15) is 57.6 Å². The molecule has 0 bridgehead atoms. The zero-order valence-corrected chi connectivity index (χ0v) is 15.8. The lowest BCUT2D eigenvalue weighted by atomic mass is 9.92. The minimum atomic E-state index is -0.605. The fraction of sp³-hybridized carbons (Fsp3) is 0.526. The normalized spacial score (nSPS) is 22.5. The van der Waals surface area contributed by atoms with Gasteiger partial charge in [-0.3, -0.25) is 14.2 Å². The fourth-order valence-corrected chi connectivity index (χ4v) is 3.38. The lowest BCUT2D eigenvalue weighted by Crippen LogP contribution is -2.51. The van der Waals surface area contributed by atoms with Gasteiger partial charge in [0.1, 0.15) is 23.2 Å². The van der Waals surface area contributed by atoms with E-state index in [2.05, 4.69) is 10.3 Å². The fourth-order valence-electron chi connectivity index (χ4n) is 3.38. The highest BCUT2D eigenvalue weighted by atomic mass is 16.5. The number of carbonyl (C=O) groups excluding carboxylic acids is 1. The smallest absolute Gasteiger partial charge is 0.265 e. The van der Waals surface area contributed by atoms with E-state index < -0.39 is 6.04 Å². The number of amides is 1. The zero-order valence-electron chi connectivity index (χ0n) is 15.8. The predicted octanol–water partition coefficient (Wildman–Crippen LogP) is 2.55. The second-order valence-electron chi connectivity index (χ2n) is 7.10. The molecule has 3 unspecified atom stereocenters. The summed E-state index contributed by atoms with van der Waals surface area (Å²) in [6.07, 6.45) is 5.52. The second kappa shape index (κ2) is 6.97. The number of aromatic nitrogens is 2. The quantitative estimate of drug-likeness (QED) is 0.893. The average Bonchev–Trinajstić information content (AvgIpc) is 2.83. The highest BCUT2D eigenvalue weighted by molar-refractivity contribution is 5.82. The zero-order chi connectivity index (χ0) is 19.0. The van der Waals surface area contributed by atoms with Gasteiger partial charge in [0.25, 0.3) is 5.56 Å². The first-order chi connectivity index (χ1) is 12.4. The van der Waals surface area contributed by atoms with Crippen molar-refractivity contribution in [3.63, 3.8) is 0 Å². The monoisotopic (exact) mass is 359 g/mol. The Hall–Kier alpha value is -2.57. The van der Waals surface area contributed by atoms with Crippen LogP contribution in [0, 0.1) is 11.8 Å². The Bertz CT molecular complexity index is 838. The molecule has 140 valence electrons. The molecule has 0 fully saturated rings. The van der Waals surface area contributed by atoms with E-state index >= 15 is 0 Å². The van der Waals surface area contributed by atoms with E-state index in [0.717, 1.165) is 6.42 Å². The first-order valence-corrected chi connectivity index (χ1v) is 8.94. The summed E-state index contributed by atoms with van der Waals surface area (Å²) < 4.78 is 12.3. The van der Waals surface area contributed by atoms with Crippen LogP contribution in [0.25, 0.3) is 6.08 Å². The number of rotatable bonds is 4. The van der Waals surface area contributed by atoms with Crippen molar-refractivity contribution in [3.8, 4) is 5.88 Å². The Labute approximate surface area is 152 Å². The molecule has 7 heteroatoms. The third-order valence-electron chi connectivity index (χ3n) is 5.04. The number of methoxy groups -OCH3 is 1. The molecular formula is C19H25N3O4. The molecule has 2 aliphatic rings. The van der Waals surface area contributed by atoms with Gasteiger partial charge in [0.05, 0.1) is 19.4 Å². The molecule has 0 aliphatic carbocycles. The topological polar surface area (TPSA) is 82.5 Å². The Morgan fingerprint density at radius 3 is 2.69 bits per heavy atom. The number of nitrogens with one attached hydrogen (secondary N) is 1. The maximum absolute atomic E-state index is 13.3. The van der Waals surface area contributed by atoms with Gasteiger partial charge in [0.2, 0.25) is 11.8 Å². The van der Waals surface area contributed by atoms with Crippen LogP contribution in [0.3, 0.4) is 0 Å². The summed E-state index contributed by atoms with van der Waals surface area (Å²) in [4.78, 5) is 30.7. The van der Waals surface area contributed by atoms with Crippen LogP contribution >= 0.6 is 0 Å². The van der Waals surface area contributed by atoms with E-state index in [9.17, 15) is 9.59 Å². The molecule has 26 heavy (non-hydrogen) atoms. The van der Waals surface area contributed by atoms with Crippen LogP contribution in [0.15, 0.2) is 22.9 Å². The molecule has 0 aromatic carbocycles.